The van der Waals surface area contributed by atoms with Crippen LogP contribution >= 0.6 is 7.92 Å². The van der Waals surface area contributed by atoms with E-state index in [1.165, 1.54) is 45.9 Å². The Labute approximate surface area is 238 Å². The van der Waals surface area contributed by atoms with Crippen molar-refractivity contribution in [2.24, 2.45) is 0 Å². The molecule has 0 heterocycles. The van der Waals surface area contributed by atoms with Gasteiger partial charge in [-0.05, 0) is 30.6 Å². The fourth-order valence-electron chi connectivity index (χ4n) is 4.62. The Kier molecular flexibility index (Phi) is 13.4. The Morgan fingerprint density at radius 2 is 1.47 bits per heavy atom. The van der Waals surface area contributed by atoms with Gasteiger partial charge in [-0.15, -0.1) is 45.9 Å². The van der Waals surface area contributed by atoms with Crippen LogP contribution in [-0.4, -0.2) is 11.3 Å². The predicted molar refractivity (Wildman–Crippen MR) is 139 cm³/mol. The largest absolute Gasteiger partial charge is 4.00 e. The molecule has 4 heteroatoms. The van der Waals surface area contributed by atoms with E-state index < -0.39 is 0 Å². The van der Waals surface area contributed by atoms with Crippen LogP contribution < -0.4 is 30.1 Å². The molecule has 0 nitrogen and oxygen atoms in total. The number of benzene rings is 3. The van der Waals surface area contributed by atoms with Gasteiger partial charge in [0, 0.05) is 0 Å². The molecular formula is C30H33Cl2HfP. The van der Waals surface area contributed by atoms with Gasteiger partial charge < -0.3 is 24.8 Å². The number of halogens is 2. The third kappa shape index (κ3) is 6.88. The van der Waals surface area contributed by atoms with Crippen molar-refractivity contribution in [3.63, 3.8) is 0 Å². The molecule has 0 aliphatic heterocycles. The van der Waals surface area contributed by atoms with E-state index in [-0.39, 0.29) is 58.6 Å². The van der Waals surface area contributed by atoms with Gasteiger partial charge in [0.1, 0.15) is 0 Å². The van der Waals surface area contributed by atoms with Gasteiger partial charge >= 0.3 is 25.8 Å². The maximum atomic E-state index is 3.30. The van der Waals surface area contributed by atoms with Crippen molar-refractivity contribution in [1.82, 2.24) is 0 Å². The van der Waals surface area contributed by atoms with Gasteiger partial charge in [-0.1, -0.05) is 77.1 Å². The molecule has 1 aliphatic rings. The molecule has 0 amide bonds. The molecule has 34 heavy (non-hydrogen) atoms. The maximum Gasteiger partial charge on any atom is 4.00 e. The van der Waals surface area contributed by atoms with E-state index in [0.717, 1.165) is 17.7 Å². The van der Waals surface area contributed by atoms with Crippen LogP contribution in [-0.2, 0) is 32.3 Å². The standard InChI is InChI=1S/C17H24P.C13H9.2ClH.Hf/c1-5-13(3)18(14(4)6-2)17-11-15-9-7-8-10-16(15)12-17;1-3-7-12-10(5-1)9-11-6-2-4-8-13(11)12;;;/h7-14H,5-6H2,1-4H3;1-5,7-8H,9H2;2*1H;/q2*-1;;;+4/p-2. The summed E-state index contributed by atoms with van der Waals surface area (Å²) in [6, 6.07) is 31.7. The number of hydrogen-bond acceptors (Lipinski definition) is 0. The van der Waals surface area contributed by atoms with Gasteiger partial charge in [0.25, 0.3) is 0 Å². The van der Waals surface area contributed by atoms with E-state index in [1.807, 2.05) is 6.07 Å². The van der Waals surface area contributed by atoms with Crippen LogP contribution in [0.15, 0.2) is 78.9 Å². The molecule has 0 N–H and O–H groups in total. The predicted octanol–water partition coefficient (Wildman–Crippen LogP) is 2.33. The van der Waals surface area contributed by atoms with Crippen molar-refractivity contribution in [1.29, 1.82) is 0 Å². The summed E-state index contributed by atoms with van der Waals surface area (Å²) in [5.74, 6) is 0. The average Bonchev–Trinajstić information content (AvgIpc) is 3.40. The summed E-state index contributed by atoms with van der Waals surface area (Å²) in [5, 5.41) is 4.42. The summed E-state index contributed by atoms with van der Waals surface area (Å²) >= 11 is 0. The van der Waals surface area contributed by atoms with Crippen molar-refractivity contribution >= 4 is 24.0 Å². The molecule has 0 fully saturated rings. The molecule has 0 bridgehead atoms. The topological polar surface area (TPSA) is 0 Å². The summed E-state index contributed by atoms with van der Waals surface area (Å²) in [4.78, 5) is 0. The van der Waals surface area contributed by atoms with Crippen molar-refractivity contribution in [3.8, 4) is 11.1 Å². The summed E-state index contributed by atoms with van der Waals surface area (Å²) < 4.78 is 0. The second-order valence-electron chi connectivity index (χ2n) is 8.66. The molecule has 2 unspecified atom stereocenters. The first-order chi connectivity index (χ1) is 15.1. The smallest absolute Gasteiger partial charge is 1.00 e. The van der Waals surface area contributed by atoms with Gasteiger partial charge in [-0.25, -0.2) is 0 Å². The maximum absolute atomic E-state index is 3.30. The molecule has 4 aromatic rings. The van der Waals surface area contributed by atoms with Crippen molar-refractivity contribution in [3.05, 3.63) is 96.1 Å². The van der Waals surface area contributed by atoms with E-state index in [9.17, 15) is 0 Å². The normalized spacial score (nSPS) is 13.5. The van der Waals surface area contributed by atoms with E-state index >= 15 is 0 Å². The second-order valence-corrected chi connectivity index (χ2v) is 11.8. The molecule has 5 rings (SSSR count). The minimum absolute atomic E-state index is 0. The molecular weight excluding hydrogens is 641 g/mol. The summed E-state index contributed by atoms with van der Waals surface area (Å²) in [6.07, 6.45) is 3.63. The van der Waals surface area contributed by atoms with E-state index in [0.29, 0.717) is 0 Å². The molecule has 0 saturated carbocycles. The molecule has 2 atom stereocenters. The third-order valence-electron chi connectivity index (χ3n) is 6.65. The van der Waals surface area contributed by atoms with Gasteiger partial charge in [-0.3, -0.25) is 0 Å². The summed E-state index contributed by atoms with van der Waals surface area (Å²) in [5.41, 5.74) is 7.16. The van der Waals surface area contributed by atoms with Gasteiger partial charge in [-0.2, -0.15) is 35.9 Å². The number of fused-ring (bicyclic) bond motifs is 4. The fourth-order valence-corrected chi connectivity index (χ4v) is 7.87. The van der Waals surface area contributed by atoms with Gasteiger partial charge in [0.05, 0.1) is 0 Å². The van der Waals surface area contributed by atoms with Crippen molar-refractivity contribution in [2.45, 2.75) is 58.3 Å². The van der Waals surface area contributed by atoms with Crippen molar-refractivity contribution in [2.75, 3.05) is 0 Å². The van der Waals surface area contributed by atoms with E-state index in [2.05, 4.69) is 107 Å². The first kappa shape index (κ1) is 31.2. The Morgan fingerprint density at radius 3 is 2.15 bits per heavy atom. The van der Waals surface area contributed by atoms with Crippen molar-refractivity contribution < 1.29 is 50.7 Å². The first-order valence-corrected chi connectivity index (χ1v) is 13.1. The first-order valence-electron chi connectivity index (χ1n) is 11.6. The van der Waals surface area contributed by atoms with Crippen LogP contribution in [0.2, 0.25) is 0 Å². The Hall–Kier alpha value is -0.850. The van der Waals surface area contributed by atoms with Crippen LogP contribution in [0.5, 0.6) is 0 Å². The molecule has 1 aliphatic carbocycles. The van der Waals surface area contributed by atoms with Crippen LogP contribution in [0.25, 0.3) is 21.9 Å². The Balaban J connectivity index is 0.000000323. The number of rotatable bonds is 5. The molecule has 0 radical (unpaired) electrons. The van der Waals surface area contributed by atoms with Crippen LogP contribution in [0, 0.1) is 6.07 Å². The van der Waals surface area contributed by atoms with E-state index in [1.54, 1.807) is 5.30 Å². The molecule has 4 aromatic carbocycles. The zero-order valence-electron chi connectivity index (χ0n) is 20.5. The molecule has 0 spiro atoms. The number of hydrogen-bond donors (Lipinski definition) is 0. The fraction of sp³-hybridized carbons (Fsp3) is 0.300. The van der Waals surface area contributed by atoms with Crippen LogP contribution in [0.4, 0.5) is 0 Å². The Morgan fingerprint density at radius 1 is 0.853 bits per heavy atom. The third-order valence-corrected chi connectivity index (χ3v) is 10.1. The SMILES string of the molecule is CCC(C)P(c1cc2ccccc2[cH-]1)C(C)CC.[Cl-].[Cl-].[Hf+4].[c-]1cccc2c1Cc1ccccc1-2. The Bertz CT molecular complexity index is 1070. The summed E-state index contributed by atoms with van der Waals surface area (Å²) in [7, 11) is -0.0252. The monoisotopic (exact) mass is 674 g/mol. The minimum atomic E-state index is -0.0252. The molecule has 0 aromatic heterocycles. The summed E-state index contributed by atoms with van der Waals surface area (Å²) in [6.45, 7) is 9.50. The molecule has 0 saturated heterocycles. The quantitative estimate of drug-likeness (QED) is 0.153. The van der Waals surface area contributed by atoms with Crippen LogP contribution in [0.3, 0.4) is 0 Å². The average molecular weight is 674 g/mol. The van der Waals surface area contributed by atoms with Gasteiger partial charge in [0.2, 0.25) is 0 Å². The second kappa shape index (κ2) is 14.6. The molecule has 176 valence electrons. The zero-order chi connectivity index (χ0) is 21.8. The zero-order valence-corrected chi connectivity index (χ0v) is 26.5. The van der Waals surface area contributed by atoms with Crippen LogP contribution in [0.1, 0.15) is 51.7 Å². The van der Waals surface area contributed by atoms with E-state index in [4.69, 9.17) is 0 Å². The van der Waals surface area contributed by atoms with Gasteiger partial charge in [0.15, 0.2) is 0 Å². The minimum Gasteiger partial charge on any atom is -1.00 e.